The summed E-state index contributed by atoms with van der Waals surface area (Å²) in [5.74, 6) is 0. The van der Waals surface area contributed by atoms with Gasteiger partial charge in [-0.3, -0.25) is 0 Å². The number of hydrogen-bond acceptors (Lipinski definition) is 1. The van der Waals surface area contributed by atoms with Crippen molar-refractivity contribution in [2.45, 2.75) is 19.8 Å². The van der Waals surface area contributed by atoms with Crippen LogP contribution in [-0.4, -0.2) is 9.38 Å². The number of fused-ring (bicyclic) bond motifs is 1. The Morgan fingerprint density at radius 3 is 2.93 bits per heavy atom. The number of aryl methyl sites for hydroxylation is 1. The molecule has 0 fully saturated rings. The summed E-state index contributed by atoms with van der Waals surface area (Å²) in [5.41, 5.74) is 1.63. The molecule has 0 aliphatic heterocycles. The normalized spacial score (nSPS) is 11.4. The molecule has 0 N–H and O–H groups in total. The van der Waals surface area contributed by atoms with E-state index in [1.54, 1.807) is 12.4 Å². The summed E-state index contributed by atoms with van der Waals surface area (Å²) in [6, 6.07) is 2.85. The van der Waals surface area contributed by atoms with Gasteiger partial charge in [0.2, 0.25) is 0 Å². The highest BCUT2D eigenvalue weighted by Gasteiger charge is 2.08. The Bertz CT molecular complexity index is 448. The number of pyridine rings is 1. The predicted octanol–water partition coefficient (Wildman–Crippen LogP) is 2.83. The molecule has 0 spiro atoms. The summed E-state index contributed by atoms with van der Waals surface area (Å²) >= 11 is 0. The largest absolute Gasteiger partial charge is 0.304 e. The number of imidazole rings is 1. The Balaban J connectivity index is 2.57. The number of hydrogen-bond donors (Lipinski definition) is 0. The van der Waals surface area contributed by atoms with Crippen LogP contribution in [0, 0.1) is 0 Å². The summed E-state index contributed by atoms with van der Waals surface area (Å²) in [6.07, 6.45) is 1.77. The van der Waals surface area contributed by atoms with E-state index in [-0.39, 0.29) is 5.56 Å². The van der Waals surface area contributed by atoms with Crippen molar-refractivity contribution in [2.24, 2.45) is 0 Å². The molecule has 0 atom stereocenters. The van der Waals surface area contributed by atoms with Crippen LogP contribution in [0.4, 0.5) is 8.78 Å². The minimum absolute atomic E-state index is 0.0192. The minimum Gasteiger partial charge on any atom is -0.304 e. The zero-order valence-corrected chi connectivity index (χ0v) is 7.74. The maximum atomic E-state index is 12.3. The molecular weight excluding hydrogens is 186 g/mol. The van der Waals surface area contributed by atoms with E-state index >= 15 is 0 Å². The highest BCUT2D eigenvalue weighted by molar-refractivity contribution is 5.43. The molecule has 0 saturated carbocycles. The number of aromatic nitrogens is 2. The molecule has 0 bridgehead atoms. The van der Waals surface area contributed by atoms with Gasteiger partial charge in [0.1, 0.15) is 5.65 Å². The van der Waals surface area contributed by atoms with Crippen LogP contribution >= 0.6 is 0 Å². The van der Waals surface area contributed by atoms with Gasteiger partial charge in [0, 0.05) is 23.7 Å². The molecule has 2 aromatic heterocycles. The van der Waals surface area contributed by atoms with E-state index in [0.29, 0.717) is 5.65 Å². The number of halogens is 2. The van der Waals surface area contributed by atoms with Crippen molar-refractivity contribution in [2.75, 3.05) is 0 Å². The van der Waals surface area contributed by atoms with Gasteiger partial charge in [-0.25, -0.2) is 13.8 Å². The summed E-state index contributed by atoms with van der Waals surface area (Å²) in [4.78, 5) is 4.06. The fourth-order valence-corrected chi connectivity index (χ4v) is 1.45. The second-order valence-corrected chi connectivity index (χ2v) is 3.09. The van der Waals surface area contributed by atoms with Crippen molar-refractivity contribution in [3.63, 3.8) is 0 Å². The topological polar surface area (TPSA) is 17.3 Å². The maximum Gasteiger partial charge on any atom is 0.264 e. The standard InChI is InChI=1S/C10H10F2N2/c1-2-8-6-13-9-5-7(10(11)12)3-4-14(8)9/h3-6,10H,2H2,1H3. The van der Waals surface area contributed by atoms with Crippen LogP contribution in [0.25, 0.3) is 5.65 Å². The number of nitrogens with zero attached hydrogens (tertiary/aromatic N) is 2. The number of rotatable bonds is 2. The van der Waals surface area contributed by atoms with Crippen LogP contribution in [0.5, 0.6) is 0 Å². The first-order valence-corrected chi connectivity index (χ1v) is 4.46. The predicted molar refractivity (Wildman–Crippen MR) is 49.5 cm³/mol. The summed E-state index contributed by atoms with van der Waals surface area (Å²) in [5, 5.41) is 0. The van der Waals surface area contributed by atoms with Gasteiger partial charge < -0.3 is 4.40 Å². The van der Waals surface area contributed by atoms with Crippen molar-refractivity contribution < 1.29 is 8.78 Å². The van der Waals surface area contributed by atoms with Gasteiger partial charge in [-0.15, -0.1) is 0 Å². The maximum absolute atomic E-state index is 12.3. The Kier molecular flexibility index (Phi) is 2.19. The third-order valence-corrected chi connectivity index (χ3v) is 2.23. The molecule has 2 heterocycles. The molecule has 0 aromatic carbocycles. The molecule has 2 rings (SSSR count). The quantitative estimate of drug-likeness (QED) is 0.721. The van der Waals surface area contributed by atoms with E-state index in [9.17, 15) is 8.78 Å². The second-order valence-electron chi connectivity index (χ2n) is 3.09. The molecule has 14 heavy (non-hydrogen) atoms. The summed E-state index contributed by atoms with van der Waals surface area (Å²) < 4.78 is 26.5. The highest BCUT2D eigenvalue weighted by atomic mass is 19.3. The molecule has 0 saturated heterocycles. The first-order chi connectivity index (χ1) is 6.72. The molecule has 0 amide bonds. The van der Waals surface area contributed by atoms with Crippen LogP contribution < -0.4 is 0 Å². The molecule has 4 heteroatoms. The minimum atomic E-state index is -2.43. The van der Waals surface area contributed by atoms with Crippen molar-refractivity contribution in [1.29, 1.82) is 0 Å². The zero-order chi connectivity index (χ0) is 10.1. The molecule has 0 unspecified atom stereocenters. The third kappa shape index (κ3) is 1.36. The SMILES string of the molecule is CCc1cnc2cc(C(F)F)ccn12. The van der Waals surface area contributed by atoms with Crippen LogP contribution in [0.15, 0.2) is 24.5 Å². The molecular formula is C10H10F2N2. The Morgan fingerprint density at radius 2 is 2.29 bits per heavy atom. The monoisotopic (exact) mass is 196 g/mol. The van der Waals surface area contributed by atoms with Gasteiger partial charge in [-0.05, 0) is 18.6 Å². The molecule has 0 aliphatic carbocycles. The number of alkyl halides is 2. The van der Waals surface area contributed by atoms with Gasteiger partial charge in [0.25, 0.3) is 6.43 Å². The molecule has 2 aromatic rings. The highest BCUT2D eigenvalue weighted by Crippen LogP contribution is 2.20. The zero-order valence-electron chi connectivity index (χ0n) is 7.74. The average Bonchev–Trinajstić information content (AvgIpc) is 2.59. The smallest absolute Gasteiger partial charge is 0.264 e. The van der Waals surface area contributed by atoms with Gasteiger partial charge in [-0.1, -0.05) is 6.92 Å². The summed E-state index contributed by atoms with van der Waals surface area (Å²) in [6.45, 7) is 2.00. The van der Waals surface area contributed by atoms with Crippen molar-refractivity contribution in [3.05, 3.63) is 35.8 Å². The lowest BCUT2D eigenvalue weighted by molar-refractivity contribution is 0.151. The van der Waals surface area contributed by atoms with E-state index in [2.05, 4.69) is 4.98 Å². The van der Waals surface area contributed by atoms with Crippen molar-refractivity contribution in [3.8, 4) is 0 Å². The Morgan fingerprint density at radius 1 is 1.50 bits per heavy atom. The van der Waals surface area contributed by atoms with E-state index in [1.807, 2.05) is 11.3 Å². The van der Waals surface area contributed by atoms with Gasteiger partial charge >= 0.3 is 0 Å². The lowest BCUT2D eigenvalue weighted by atomic mass is 10.3. The first kappa shape index (κ1) is 9.12. The molecule has 74 valence electrons. The fourth-order valence-electron chi connectivity index (χ4n) is 1.45. The Hall–Kier alpha value is -1.45. The molecule has 2 nitrogen and oxygen atoms in total. The molecule has 0 aliphatic rings. The van der Waals surface area contributed by atoms with Crippen molar-refractivity contribution in [1.82, 2.24) is 9.38 Å². The van der Waals surface area contributed by atoms with E-state index in [4.69, 9.17) is 0 Å². The van der Waals surface area contributed by atoms with Gasteiger partial charge in [-0.2, -0.15) is 0 Å². The average molecular weight is 196 g/mol. The lowest BCUT2D eigenvalue weighted by Crippen LogP contribution is -1.92. The van der Waals surface area contributed by atoms with Crippen LogP contribution in [0.3, 0.4) is 0 Å². The third-order valence-electron chi connectivity index (χ3n) is 2.23. The van der Waals surface area contributed by atoms with Gasteiger partial charge in [0.15, 0.2) is 0 Å². The van der Waals surface area contributed by atoms with E-state index < -0.39 is 6.43 Å². The summed E-state index contributed by atoms with van der Waals surface area (Å²) in [7, 11) is 0. The van der Waals surface area contributed by atoms with E-state index in [0.717, 1.165) is 12.1 Å². The van der Waals surface area contributed by atoms with Gasteiger partial charge in [0.05, 0.1) is 0 Å². The van der Waals surface area contributed by atoms with Crippen LogP contribution in [0.2, 0.25) is 0 Å². The van der Waals surface area contributed by atoms with Crippen LogP contribution in [0.1, 0.15) is 24.6 Å². The second kappa shape index (κ2) is 3.36. The lowest BCUT2D eigenvalue weighted by Gasteiger charge is -2.01. The first-order valence-electron chi connectivity index (χ1n) is 4.46. The molecule has 0 radical (unpaired) electrons. The van der Waals surface area contributed by atoms with E-state index in [1.165, 1.54) is 12.1 Å². The van der Waals surface area contributed by atoms with Crippen molar-refractivity contribution >= 4 is 5.65 Å². The van der Waals surface area contributed by atoms with Crippen LogP contribution in [-0.2, 0) is 6.42 Å². The fraction of sp³-hybridized carbons (Fsp3) is 0.300. The Labute approximate surface area is 80.2 Å².